The number of carbonyl (C=O) groups is 1. The molecule has 0 aromatic heterocycles. The molecule has 1 amide bonds. The van der Waals surface area contributed by atoms with Gasteiger partial charge in [-0.05, 0) is 43.9 Å². The Balaban J connectivity index is 1.80. The Bertz CT molecular complexity index is 290. The molecular weight excluding hydrogens is 240 g/mol. The quantitative estimate of drug-likeness (QED) is 0.845. The van der Waals surface area contributed by atoms with Crippen molar-refractivity contribution >= 4 is 5.91 Å². The zero-order chi connectivity index (χ0) is 13.7. The van der Waals surface area contributed by atoms with Gasteiger partial charge in [0, 0.05) is 38.8 Å². The normalized spacial score (nSPS) is 32.3. The van der Waals surface area contributed by atoms with Crippen molar-refractivity contribution in [1.82, 2.24) is 4.90 Å². The molecule has 2 saturated heterocycles. The van der Waals surface area contributed by atoms with E-state index in [0.29, 0.717) is 30.7 Å². The van der Waals surface area contributed by atoms with Crippen LogP contribution in [0.25, 0.3) is 0 Å². The number of nitrogens with two attached hydrogens (primary N) is 1. The maximum atomic E-state index is 12.4. The molecule has 0 spiro atoms. The predicted molar refractivity (Wildman–Crippen MR) is 75.7 cm³/mol. The minimum absolute atomic E-state index is 0.254. The van der Waals surface area contributed by atoms with Crippen molar-refractivity contribution in [1.29, 1.82) is 0 Å². The number of piperidine rings is 1. The van der Waals surface area contributed by atoms with E-state index in [-0.39, 0.29) is 6.04 Å². The second kappa shape index (κ2) is 7.25. The molecule has 3 atom stereocenters. The van der Waals surface area contributed by atoms with Gasteiger partial charge in [-0.15, -0.1) is 0 Å². The number of carbonyl (C=O) groups excluding carboxylic acids is 1. The molecule has 2 fully saturated rings. The number of hydrogen-bond acceptors (Lipinski definition) is 3. The van der Waals surface area contributed by atoms with Crippen LogP contribution in [0, 0.1) is 11.8 Å². The molecule has 2 heterocycles. The van der Waals surface area contributed by atoms with Gasteiger partial charge in [0.15, 0.2) is 0 Å². The summed E-state index contributed by atoms with van der Waals surface area (Å²) >= 11 is 0. The van der Waals surface area contributed by atoms with Crippen LogP contribution in [0.4, 0.5) is 0 Å². The SMILES string of the molecule is C[C@@H]1CCCN(C(=O)CC[C@H]2CCCOC2)[C@H]1CN. The van der Waals surface area contributed by atoms with E-state index in [0.717, 1.165) is 39.0 Å². The third kappa shape index (κ3) is 3.93. The lowest BCUT2D eigenvalue weighted by molar-refractivity contribution is -0.136. The fourth-order valence-electron chi connectivity index (χ4n) is 3.42. The average molecular weight is 268 g/mol. The van der Waals surface area contributed by atoms with Crippen molar-refractivity contribution in [2.75, 3.05) is 26.3 Å². The largest absolute Gasteiger partial charge is 0.381 e. The molecule has 2 aliphatic rings. The van der Waals surface area contributed by atoms with Crippen molar-refractivity contribution in [2.45, 2.75) is 51.5 Å². The number of rotatable bonds is 4. The lowest BCUT2D eigenvalue weighted by Crippen LogP contribution is -2.51. The fourth-order valence-corrected chi connectivity index (χ4v) is 3.42. The van der Waals surface area contributed by atoms with Crippen molar-refractivity contribution in [3.05, 3.63) is 0 Å². The number of ether oxygens (including phenoxy) is 1. The van der Waals surface area contributed by atoms with E-state index in [2.05, 4.69) is 6.92 Å². The molecule has 0 radical (unpaired) electrons. The van der Waals surface area contributed by atoms with Gasteiger partial charge in [-0.1, -0.05) is 6.92 Å². The molecule has 0 bridgehead atoms. The molecule has 0 aromatic rings. The predicted octanol–water partition coefficient (Wildman–Crippen LogP) is 1.78. The van der Waals surface area contributed by atoms with Crippen LogP contribution in [0.15, 0.2) is 0 Å². The third-order valence-electron chi connectivity index (χ3n) is 4.70. The highest BCUT2D eigenvalue weighted by molar-refractivity contribution is 5.76. The first kappa shape index (κ1) is 14.8. The molecule has 0 saturated carbocycles. The van der Waals surface area contributed by atoms with Crippen LogP contribution < -0.4 is 5.73 Å². The Labute approximate surface area is 116 Å². The van der Waals surface area contributed by atoms with Crippen LogP contribution in [0.2, 0.25) is 0 Å². The van der Waals surface area contributed by atoms with Gasteiger partial charge in [0.1, 0.15) is 0 Å². The molecular formula is C15H28N2O2. The molecule has 2 N–H and O–H groups in total. The van der Waals surface area contributed by atoms with Gasteiger partial charge in [-0.25, -0.2) is 0 Å². The van der Waals surface area contributed by atoms with E-state index >= 15 is 0 Å². The summed E-state index contributed by atoms with van der Waals surface area (Å²) in [5.41, 5.74) is 5.85. The topological polar surface area (TPSA) is 55.6 Å². The Morgan fingerprint density at radius 3 is 2.89 bits per heavy atom. The molecule has 2 rings (SSSR count). The van der Waals surface area contributed by atoms with Gasteiger partial charge in [-0.2, -0.15) is 0 Å². The van der Waals surface area contributed by atoms with Gasteiger partial charge in [0.2, 0.25) is 5.91 Å². The summed E-state index contributed by atoms with van der Waals surface area (Å²) in [6, 6.07) is 0.254. The number of nitrogens with zero attached hydrogens (tertiary/aromatic N) is 1. The molecule has 0 unspecified atom stereocenters. The zero-order valence-corrected chi connectivity index (χ0v) is 12.1. The number of hydrogen-bond donors (Lipinski definition) is 1. The monoisotopic (exact) mass is 268 g/mol. The van der Waals surface area contributed by atoms with Crippen LogP contribution >= 0.6 is 0 Å². The summed E-state index contributed by atoms with van der Waals surface area (Å²) in [7, 11) is 0. The highest BCUT2D eigenvalue weighted by Crippen LogP contribution is 2.25. The molecule has 110 valence electrons. The summed E-state index contributed by atoms with van der Waals surface area (Å²) in [5, 5.41) is 0. The van der Waals surface area contributed by atoms with Crippen LogP contribution in [0.5, 0.6) is 0 Å². The van der Waals surface area contributed by atoms with E-state index in [1.165, 1.54) is 12.8 Å². The number of likely N-dealkylation sites (tertiary alicyclic amines) is 1. The Morgan fingerprint density at radius 2 is 2.21 bits per heavy atom. The summed E-state index contributed by atoms with van der Waals surface area (Å²) in [4.78, 5) is 14.4. The maximum Gasteiger partial charge on any atom is 0.222 e. The second-order valence-electron chi connectivity index (χ2n) is 6.13. The Kier molecular flexibility index (Phi) is 5.64. The lowest BCUT2D eigenvalue weighted by Gasteiger charge is -2.39. The van der Waals surface area contributed by atoms with Crippen molar-refractivity contribution < 1.29 is 9.53 Å². The smallest absolute Gasteiger partial charge is 0.222 e. The summed E-state index contributed by atoms with van der Waals surface area (Å²) in [6.07, 6.45) is 6.31. The number of amides is 1. The summed E-state index contributed by atoms with van der Waals surface area (Å²) < 4.78 is 5.47. The Morgan fingerprint density at radius 1 is 1.37 bits per heavy atom. The third-order valence-corrected chi connectivity index (χ3v) is 4.70. The van der Waals surface area contributed by atoms with Crippen LogP contribution in [0.3, 0.4) is 0 Å². The first-order chi connectivity index (χ1) is 9.22. The average Bonchev–Trinajstić information content (AvgIpc) is 2.45. The lowest BCUT2D eigenvalue weighted by atomic mass is 9.90. The second-order valence-corrected chi connectivity index (χ2v) is 6.13. The van der Waals surface area contributed by atoms with Crippen LogP contribution in [-0.2, 0) is 9.53 Å². The van der Waals surface area contributed by atoms with E-state index in [4.69, 9.17) is 10.5 Å². The van der Waals surface area contributed by atoms with E-state index < -0.39 is 0 Å². The van der Waals surface area contributed by atoms with Gasteiger partial charge in [0.25, 0.3) is 0 Å². The Hall–Kier alpha value is -0.610. The van der Waals surface area contributed by atoms with Crippen molar-refractivity contribution in [3.8, 4) is 0 Å². The van der Waals surface area contributed by atoms with Gasteiger partial charge >= 0.3 is 0 Å². The van der Waals surface area contributed by atoms with Gasteiger partial charge in [-0.3, -0.25) is 4.79 Å². The molecule has 4 heteroatoms. The van der Waals surface area contributed by atoms with Crippen LogP contribution in [0.1, 0.15) is 45.4 Å². The molecule has 19 heavy (non-hydrogen) atoms. The van der Waals surface area contributed by atoms with Gasteiger partial charge < -0.3 is 15.4 Å². The van der Waals surface area contributed by atoms with E-state index in [9.17, 15) is 4.79 Å². The van der Waals surface area contributed by atoms with E-state index in [1.54, 1.807) is 0 Å². The van der Waals surface area contributed by atoms with Gasteiger partial charge in [0.05, 0.1) is 0 Å². The maximum absolute atomic E-state index is 12.4. The highest BCUT2D eigenvalue weighted by atomic mass is 16.5. The van der Waals surface area contributed by atoms with Crippen LogP contribution in [-0.4, -0.2) is 43.2 Å². The molecule has 0 aromatic carbocycles. The standard InChI is InChI=1S/C15H28N2O2/c1-12-4-2-8-17(14(12)10-16)15(18)7-6-13-5-3-9-19-11-13/h12-14H,2-11,16H2,1H3/t12-,13-,14+/m1/s1. The molecule has 2 aliphatic heterocycles. The van der Waals surface area contributed by atoms with E-state index in [1.807, 2.05) is 4.90 Å². The highest BCUT2D eigenvalue weighted by Gasteiger charge is 2.30. The fraction of sp³-hybridized carbons (Fsp3) is 0.933. The summed E-state index contributed by atoms with van der Waals surface area (Å²) in [6.45, 7) is 5.44. The van der Waals surface area contributed by atoms with Crippen molar-refractivity contribution in [2.24, 2.45) is 17.6 Å². The first-order valence-electron chi connectivity index (χ1n) is 7.79. The minimum Gasteiger partial charge on any atom is -0.381 e. The molecule has 0 aliphatic carbocycles. The summed E-state index contributed by atoms with van der Waals surface area (Å²) in [5.74, 6) is 1.42. The zero-order valence-electron chi connectivity index (χ0n) is 12.1. The van der Waals surface area contributed by atoms with Crippen molar-refractivity contribution in [3.63, 3.8) is 0 Å². The molecule has 4 nitrogen and oxygen atoms in total. The first-order valence-corrected chi connectivity index (χ1v) is 7.79. The minimum atomic E-state index is 0.254.